The normalized spacial score (nSPS) is 13.7. The molecule has 0 bridgehead atoms. The number of aliphatic hydroxyl groups excluding tert-OH is 1. The lowest BCUT2D eigenvalue weighted by Gasteiger charge is -2.23. The minimum absolute atomic E-state index is 0.166. The summed E-state index contributed by atoms with van der Waals surface area (Å²) < 4.78 is 0. The van der Waals surface area contributed by atoms with Crippen LogP contribution in [0.15, 0.2) is 24.4 Å². The first-order chi connectivity index (χ1) is 10.6. The zero-order valence-electron chi connectivity index (χ0n) is 12.2. The van der Waals surface area contributed by atoms with Crippen LogP contribution >= 0.6 is 11.6 Å². The molecule has 0 radical (unpaired) electrons. The summed E-state index contributed by atoms with van der Waals surface area (Å²) >= 11 is 6.02. The number of aromatic nitrogens is 2. The lowest BCUT2D eigenvalue weighted by atomic mass is 10.1. The molecular weight excluding hydrogens is 304 g/mol. The zero-order valence-corrected chi connectivity index (χ0v) is 13.0. The fourth-order valence-corrected chi connectivity index (χ4v) is 2.67. The van der Waals surface area contributed by atoms with Crippen LogP contribution in [0.5, 0.6) is 0 Å². The molecule has 3 heterocycles. The molecule has 0 unspecified atom stereocenters. The third kappa shape index (κ3) is 2.20. The molecule has 2 aromatic rings. The number of halogens is 1. The van der Waals surface area contributed by atoms with E-state index in [-0.39, 0.29) is 12.5 Å². The number of anilines is 3. The van der Waals surface area contributed by atoms with Gasteiger partial charge in [0.2, 0.25) is 0 Å². The van der Waals surface area contributed by atoms with Gasteiger partial charge in [0.25, 0.3) is 5.91 Å². The molecule has 1 aliphatic rings. The van der Waals surface area contributed by atoms with Crippen molar-refractivity contribution in [2.24, 2.45) is 0 Å². The van der Waals surface area contributed by atoms with Crippen LogP contribution in [0.3, 0.4) is 0 Å². The Hall–Kier alpha value is -2.18. The standard InChI is InChI=1S/C15H15ClN4O2/c1-3-20-13-10(6-9(8-21)7-17-13)15(22)19(2)11-4-5-12(16)18-14(11)20/h4-7,21H,3,8H2,1-2H3. The van der Waals surface area contributed by atoms with Crippen LogP contribution in [-0.4, -0.2) is 34.6 Å². The Morgan fingerprint density at radius 2 is 2.09 bits per heavy atom. The number of hydrogen-bond acceptors (Lipinski definition) is 5. The summed E-state index contributed by atoms with van der Waals surface area (Å²) in [7, 11) is 1.69. The Morgan fingerprint density at radius 3 is 2.77 bits per heavy atom. The van der Waals surface area contributed by atoms with Crippen LogP contribution in [0.1, 0.15) is 22.8 Å². The predicted molar refractivity (Wildman–Crippen MR) is 84.8 cm³/mol. The number of carbonyl (C=O) groups is 1. The highest BCUT2D eigenvalue weighted by Gasteiger charge is 2.30. The first-order valence-electron chi connectivity index (χ1n) is 6.88. The van der Waals surface area contributed by atoms with E-state index in [2.05, 4.69) is 9.97 Å². The molecule has 0 atom stereocenters. The molecule has 0 saturated carbocycles. The molecule has 7 heteroatoms. The molecular formula is C15H15ClN4O2. The Labute approximate surface area is 133 Å². The maximum Gasteiger partial charge on any atom is 0.261 e. The average molecular weight is 319 g/mol. The van der Waals surface area contributed by atoms with Crippen LogP contribution in [-0.2, 0) is 6.61 Å². The van der Waals surface area contributed by atoms with Gasteiger partial charge in [-0.3, -0.25) is 4.79 Å². The molecule has 3 rings (SSSR count). The van der Waals surface area contributed by atoms with Gasteiger partial charge in [0, 0.05) is 19.8 Å². The number of amides is 1. The van der Waals surface area contributed by atoms with Gasteiger partial charge in [-0.15, -0.1) is 0 Å². The lowest BCUT2D eigenvalue weighted by molar-refractivity contribution is 0.0994. The molecule has 1 aliphatic heterocycles. The van der Waals surface area contributed by atoms with Crippen molar-refractivity contribution in [3.63, 3.8) is 0 Å². The Bertz CT molecular complexity index is 750. The second kappa shape index (κ2) is 5.55. The quantitative estimate of drug-likeness (QED) is 0.861. The molecule has 22 heavy (non-hydrogen) atoms. The van der Waals surface area contributed by atoms with Gasteiger partial charge in [-0.05, 0) is 30.7 Å². The maximum absolute atomic E-state index is 12.7. The summed E-state index contributed by atoms with van der Waals surface area (Å²) in [5.41, 5.74) is 1.69. The van der Waals surface area contributed by atoms with Gasteiger partial charge in [0.15, 0.2) is 5.82 Å². The Morgan fingerprint density at radius 1 is 1.32 bits per heavy atom. The van der Waals surface area contributed by atoms with E-state index in [9.17, 15) is 9.90 Å². The van der Waals surface area contributed by atoms with E-state index in [4.69, 9.17) is 11.6 Å². The molecule has 0 aliphatic carbocycles. The number of carbonyl (C=O) groups excluding carboxylic acids is 1. The summed E-state index contributed by atoms with van der Waals surface area (Å²) in [5.74, 6) is 0.915. The van der Waals surface area contributed by atoms with Crippen molar-refractivity contribution in [1.29, 1.82) is 0 Å². The van der Waals surface area contributed by atoms with Crippen LogP contribution in [0, 0.1) is 0 Å². The van der Waals surface area contributed by atoms with E-state index in [0.29, 0.717) is 40.1 Å². The SMILES string of the molecule is CCN1c2ncc(CO)cc2C(=O)N(C)c2ccc(Cl)nc21. The lowest BCUT2D eigenvalue weighted by Crippen LogP contribution is -2.25. The molecule has 6 nitrogen and oxygen atoms in total. The topological polar surface area (TPSA) is 69.6 Å². The van der Waals surface area contributed by atoms with Crippen LogP contribution in [0.4, 0.5) is 17.3 Å². The fourth-order valence-electron chi connectivity index (χ4n) is 2.53. The summed E-state index contributed by atoms with van der Waals surface area (Å²) in [6.07, 6.45) is 1.56. The van der Waals surface area contributed by atoms with Gasteiger partial charge < -0.3 is 14.9 Å². The van der Waals surface area contributed by atoms with Crippen molar-refractivity contribution < 1.29 is 9.90 Å². The van der Waals surface area contributed by atoms with Gasteiger partial charge in [0.05, 0.1) is 17.9 Å². The molecule has 0 saturated heterocycles. The van der Waals surface area contributed by atoms with Crippen molar-refractivity contribution >= 4 is 34.8 Å². The highest BCUT2D eigenvalue weighted by atomic mass is 35.5. The molecule has 0 spiro atoms. The van der Waals surface area contributed by atoms with Gasteiger partial charge >= 0.3 is 0 Å². The number of rotatable bonds is 2. The van der Waals surface area contributed by atoms with Crippen molar-refractivity contribution in [1.82, 2.24) is 9.97 Å². The molecule has 1 N–H and O–H groups in total. The van der Waals surface area contributed by atoms with E-state index in [0.717, 1.165) is 0 Å². The maximum atomic E-state index is 12.7. The second-order valence-electron chi connectivity index (χ2n) is 4.96. The van der Waals surface area contributed by atoms with Gasteiger partial charge in [0.1, 0.15) is 11.0 Å². The second-order valence-corrected chi connectivity index (χ2v) is 5.35. The number of pyridine rings is 2. The highest BCUT2D eigenvalue weighted by molar-refractivity contribution is 6.29. The monoisotopic (exact) mass is 318 g/mol. The first-order valence-corrected chi connectivity index (χ1v) is 7.26. The molecule has 2 aromatic heterocycles. The van der Waals surface area contributed by atoms with Gasteiger partial charge in [-0.1, -0.05) is 11.6 Å². The van der Waals surface area contributed by atoms with E-state index < -0.39 is 0 Å². The van der Waals surface area contributed by atoms with Crippen molar-refractivity contribution in [2.75, 3.05) is 23.4 Å². The average Bonchev–Trinajstić information content (AvgIpc) is 2.62. The van der Waals surface area contributed by atoms with E-state index >= 15 is 0 Å². The van der Waals surface area contributed by atoms with Crippen molar-refractivity contribution in [2.45, 2.75) is 13.5 Å². The Kier molecular flexibility index (Phi) is 3.72. The Balaban J connectivity index is 2.29. The predicted octanol–water partition coefficient (Wildman–Crippen LogP) is 2.37. The van der Waals surface area contributed by atoms with E-state index in [1.54, 1.807) is 31.4 Å². The summed E-state index contributed by atoms with van der Waals surface area (Å²) in [6.45, 7) is 2.37. The summed E-state index contributed by atoms with van der Waals surface area (Å²) in [4.78, 5) is 24.8. The molecule has 0 aromatic carbocycles. The third-order valence-corrected chi connectivity index (χ3v) is 3.86. The number of aliphatic hydroxyl groups is 1. The molecule has 114 valence electrons. The minimum atomic E-state index is -0.195. The highest BCUT2D eigenvalue weighted by Crippen LogP contribution is 2.38. The first kappa shape index (κ1) is 14.7. The van der Waals surface area contributed by atoms with Crippen LogP contribution < -0.4 is 9.80 Å². The largest absolute Gasteiger partial charge is 0.392 e. The summed E-state index contributed by atoms with van der Waals surface area (Å²) in [5, 5.41) is 9.64. The van der Waals surface area contributed by atoms with Crippen LogP contribution in [0.2, 0.25) is 5.15 Å². The number of fused-ring (bicyclic) bond motifs is 2. The van der Waals surface area contributed by atoms with E-state index in [1.807, 2.05) is 11.8 Å². The summed E-state index contributed by atoms with van der Waals surface area (Å²) in [6, 6.07) is 5.09. The minimum Gasteiger partial charge on any atom is -0.392 e. The number of nitrogens with zero attached hydrogens (tertiary/aromatic N) is 4. The van der Waals surface area contributed by atoms with Crippen LogP contribution in [0.25, 0.3) is 0 Å². The number of hydrogen-bond donors (Lipinski definition) is 1. The fraction of sp³-hybridized carbons (Fsp3) is 0.267. The smallest absolute Gasteiger partial charge is 0.261 e. The van der Waals surface area contributed by atoms with Crippen molar-refractivity contribution in [3.8, 4) is 0 Å². The molecule has 1 amide bonds. The molecule has 0 fully saturated rings. The van der Waals surface area contributed by atoms with E-state index in [1.165, 1.54) is 4.90 Å². The van der Waals surface area contributed by atoms with Gasteiger partial charge in [-0.2, -0.15) is 0 Å². The van der Waals surface area contributed by atoms with Crippen molar-refractivity contribution in [3.05, 3.63) is 40.7 Å². The van der Waals surface area contributed by atoms with Gasteiger partial charge in [-0.25, -0.2) is 9.97 Å². The third-order valence-electron chi connectivity index (χ3n) is 3.65. The zero-order chi connectivity index (χ0) is 15.9.